The van der Waals surface area contributed by atoms with E-state index in [-0.39, 0.29) is 9.10 Å². The van der Waals surface area contributed by atoms with E-state index in [0.717, 1.165) is 11.3 Å². The first kappa shape index (κ1) is 9.29. The van der Waals surface area contributed by atoms with E-state index in [0.29, 0.717) is 0 Å². The Hall–Kier alpha value is -1.27. The molecule has 0 fully saturated rings. The van der Waals surface area contributed by atoms with Gasteiger partial charge in [-0.3, -0.25) is 9.97 Å². The van der Waals surface area contributed by atoms with Crippen LogP contribution in [0.1, 0.15) is 0 Å². The Morgan fingerprint density at radius 3 is 2.64 bits per heavy atom. The average molecular weight is 226 g/mol. The molecule has 0 amide bonds. The van der Waals surface area contributed by atoms with Gasteiger partial charge in [0.15, 0.2) is 0 Å². The first-order chi connectivity index (χ1) is 6.71. The van der Waals surface area contributed by atoms with Crippen LogP contribution in [0, 0.1) is 0 Å². The van der Waals surface area contributed by atoms with Crippen LogP contribution in [0.2, 0.25) is 0 Å². The Kier molecular flexibility index (Phi) is 2.30. The van der Waals surface area contributed by atoms with Crippen molar-refractivity contribution in [2.45, 2.75) is 9.10 Å². The van der Waals surface area contributed by atoms with Crippen LogP contribution < -0.4 is 0 Å². The summed E-state index contributed by atoms with van der Waals surface area (Å²) >= 11 is 1.10. The molecular formula is C8H6N2O2S2. The minimum atomic E-state index is -3.40. The maximum absolute atomic E-state index is 11.8. The number of thiazole rings is 1. The molecule has 0 radical (unpaired) electrons. The van der Waals surface area contributed by atoms with Gasteiger partial charge in [-0.05, 0) is 12.1 Å². The van der Waals surface area contributed by atoms with Crippen molar-refractivity contribution in [3.63, 3.8) is 0 Å². The Balaban J connectivity index is 2.55. The van der Waals surface area contributed by atoms with Gasteiger partial charge < -0.3 is 0 Å². The van der Waals surface area contributed by atoms with Crippen LogP contribution in [0.15, 0.2) is 45.3 Å². The molecule has 2 aromatic heterocycles. The van der Waals surface area contributed by atoms with Crippen molar-refractivity contribution in [1.29, 1.82) is 0 Å². The molecule has 14 heavy (non-hydrogen) atoms. The molecule has 6 heteroatoms. The summed E-state index contributed by atoms with van der Waals surface area (Å²) in [5.74, 6) is 0. The summed E-state index contributed by atoms with van der Waals surface area (Å²) in [6, 6.07) is 3.11. The van der Waals surface area contributed by atoms with Crippen molar-refractivity contribution < 1.29 is 8.42 Å². The second-order valence-electron chi connectivity index (χ2n) is 2.51. The van der Waals surface area contributed by atoms with Gasteiger partial charge in [-0.25, -0.2) is 8.42 Å². The molecule has 0 spiro atoms. The van der Waals surface area contributed by atoms with Gasteiger partial charge in [-0.2, -0.15) is 0 Å². The molecular weight excluding hydrogens is 220 g/mol. The Bertz CT molecular complexity index is 506. The van der Waals surface area contributed by atoms with Crippen molar-refractivity contribution in [2.75, 3.05) is 0 Å². The maximum Gasteiger partial charge on any atom is 0.219 e. The molecule has 0 aromatic carbocycles. The number of sulfone groups is 1. The topological polar surface area (TPSA) is 59.9 Å². The smallest absolute Gasteiger partial charge is 0.219 e. The van der Waals surface area contributed by atoms with Crippen LogP contribution >= 0.6 is 11.3 Å². The van der Waals surface area contributed by atoms with E-state index >= 15 is 0 Å². The standard InChI is InChI=1S/C8H6N2O2S2/c11-14(12,8-5-10-6-13-8)7-2-1-3-9-4-7/h1-6H. The predicted molar refractivity (Wildman–Crippen MR) is 51.8 cm³/mol. The van der Waals surface area contributed by atoms with E-state index in [1.54, 1.807) is 6.07 Å². The van der Waals surface area contributed by atoms with Crippen LogP contribution in [-0.2, 0) is 9.84 Å². The van der Waals surface area contributed by atoms with Crippen molar-refractivity contribution in [3.8, 4) is 0 Å². The normalized spacial score (nSPS) is 11.4. The molecule has 2 aromatic rings. The van der Waals surface area contributed by atoms with Crippen molar-refractivity contribution in [3.05, 3.63) is 36.2 Å². The highest BCUT2D eigenvalue weighted by atomic mass is 32.2. The van der Waals surface area contributed by atoms with Gasteiger partial charge in [0.1, 0.15) is 4.21 Å². The lowest BCUT2D eigenvalue weighted by Gasteiger charge is -1.98. The Morgan fingerprint density at radius 2 is 2.07 bits per heavy atom. The molecule has 0 atom stereocenters. The second-order valence-corrected chi connectivity index (χ2v) is 5.58. The lowest BCUT2D eigenvalue weighted by Crippen LogP contribution is -1.99. The zero-order chi connectivity index (χ0) is 10.0. The fraction of sp³-hybridized carbons (Fsp3) is 0. The zero-order valence-corrected chi connectivity index (χ0v) is 8.62. The molecule has 0 saturated heterocycles. The lowest BCUT2D eigenvalue weighted by atomic mass is 10.5. The average Bonchev–Trinajstić information content (AvgIpc) is 2.72. The van der Waals surface area contributed by atoms with Crippen LogP contribution in [-0.4, -0.2) is 18.4 Å². The molecule has 0 N–H and O–H groups in total. The van der Waals surface area contributed by atoms with Crippen molar-refractivity contribution in [2.24, 2.45) is 0 Å². The molecule has 0 bridgehead atoms. The second kappa shape index (κ2) is 3.47. The summed E-state index contributed by atoms with van der Waals surface area (Å²) in [5.41, 5.74) is 1.49. The van der Waals surface area contributed by atoms with Gasteiger partial charge in [0, 0.05) is 12.4 Å². The SMILES string of the molecule is O=S(=O)(c1cccnc1)c1cncs1. The van der Waals surface area contributed by atoms with Gasteiger partial charge in [-0.1, -0.05) is 0 Å². The highest BCUT2D eigenvalue weighted by Gasteiger charge is 2.18. The van der Waals surface area contributed by atoms with Gasteiger partial charge in [0.2, 0.25) is 9.84 Å². The van der Waals surface area contributed by atoms with Crippen LogP contribution in [0.5, 0.6) is 0 Å². The number of aromatic nitrogens is 2. The molecule has 4 nitrogen and oxygen atoms in total. The molecule has 0 unspecified atom stereocenters. The summed E-state index contributed by atoms with van der Waals surface area (Å²) in [6.45, 7) is 0. The molecule has 2 heterocycles. The van der Waals surface area contributed by atoms with Gasteiger partial charge >= 0.3 is 0 Å². The molecule has 0 aliphatic rings. The number of rotatable bonds is 2. The van der Waals surface area contributed by atoms with Gasteiger partial charge in [0.05, 0.1) is 16.6 Å². The van der Waals surface area contributed by atoms with E-state index in [9.17, 15) is 8.42 Å². The highest BCUT2D eigenvalue weighted by Crippen LogP contribution is 2.22. The maximum atomic E-state index is 11.8. The number of nitrogens with zero attached hydrogens (tertiary/aromatic N) is 2. The van der Waals surface area contributed by atoms with E-state index in [1.807, 2.05) is 0 Å². The Morgan fingerprint density at radius 1 is 1.21 bits per heavy atom. The summed E-state index contributed by atoms with van der Waals surface area (Å²) in [5, 5.41) is 0. The Labute approximate surface area is 85.2 Å². The lowest BCUT2D eigenvalue weighted by molar-refractivity contribution is 0.597. The summed E-state index contributed by atoms with van der Waals surface area (Å²) < 4.78 is 23.9. The third-order valence-electron chi connectivity index (χ3n) is 1.62. The molecule has 72 valence electrons. The van der Waals surface area contributed by atoms with Crippen molar-refractivity contribution in [1.82, 2.24) is 9.97 Å². The first-order valence-corrected chi connectivity index (χ1v) is 6.11. The van der Waals surface area contributed by atoms with Crippen molar-refractivity contribution >= 4 is 21.2 Å². The quantitative estimate of drug-likeness (QED) is 0.776. The van der Waals surface area contributed by atoms with E-state index in [2.05, 4.69) is 9.97 Å². The monoisotopic (exact) mass is 226 g/mol. The molecule has 0 aliphatic heterocycles. The number of hydrogen-bond acceptors (Lipinski definition) is 5. The molecule has 0 saturated carbocycles. The van der Waals surface area contributed by atoms with Gasteiger partial charge in [-0.15, -0.1) is 11.3 Å². The zero-order valence-electron chi connectivity index (χ0n) is 6.99. The third kappa shape index (κ3) is 1.53. The van der Waals surface area contributed by atoms with E-state index in [4.69, 9.17) is 0 Å². The number of hydrogen-bond donors (Lipinski definition) is 0. The van der Waals surface area contributed by atoms with Crippen LogP contribution in [0.25, 0.3) is 0 Å². The largest absolute Gasteiger partial charge is 0.263 e. The van der Waals surface area contributed by atoms with E-state index in [1.165, 1.54) is 30.2 Å². The van der Waals surface area contributed by atoms with E-state index < -0.39 is 9.84 Å². The molecule has 0 aliphatic carbocycles. The summed E-state index contributed by atoms with van der Waals surface area (Å²) in [6.07, 6.45) is 4.20. The highest BCUT2D eigenvalue weighted by molar-refractivity contribution is 7.93. The summed E-state index contributed by atoms with van der Waals surface area (Å²) in [7, 11) is -3.40. The van der Waals surface area contributed by atoms with Crippen LogP contribution in [0.4, 0.5) is 0 Å². The fourth-order valence-corrected chi connectivity index (χ4v) is 3.12. The fourth-order valence-electron chi connectivity index (χ4n) is 0.959. The number of pyridine rings is 1. The summed E-state index contributed by atoms with van der Waals surface area (Å²) in [4.78, 5) is 7.70. The predicted octanol–water partition coefficient (Wildman–Crippen LogP) is 1.37. The first-order valence-electron chi connectivity index (χ1n) is 3.75. The minimum Gasteiger partial charge on any atom is -0.263 e. The molecule has 2 rings (SSSR count). The minimum absolute atomic E-state index is 0.198. The third-order valence-corrected chi connectivity index (χ3v) is 4.63. The van der Waals surface area contributed by atoms with Crippen LogP contribution in [0.3, 0.4) is 0 Å². The van der Waals surface area contributed by atoms with Gasteiger partial charge in [0.25, 0.3) is 0 Å².